The van der Waals surface area contributed by atoms with Gasteiger partial charge in [0.1, 0.15) is 5.69 Å². The summed E-state index contributed by atoms with van der Waals surface area (Å²) in [5.74, 6) is 0. The first-order chi connectivity index (χ1) is 7.29. The molecule has 0 atom stereocenters. The van der Waals surface area contributed by atoms with Crippen molar-refractivity contribution < 1.29 is 0 Å². The van der Waals surface area contributed by atoms with E-state index in [4.69, 9.17) is 5.73 Å². The molecule has 0 saturated carbocycles. The maximum Gasteiger partial charge on any atom is 0.113 e. The van der Waals surface area contributed by atoms with E-state index in [2.05, 4.69) is 26.2 Å². The van der Waals surface area contributed by atoms with Gasteiger partial charge in [0.15, 0.2) is 0 Å². The second kappa shape index (κ2) is 4.55. The molecule has 2 aromatic rings. The second-order valence-electron chi connectivity index (χ2n) is 3.16. The van der Waals surface area contributed by atoms with Crippen LogP contribution < -0.4 is 5.73 Å². The van der Waals surface area contributed by atoms with E-state index in [0.717, 1.165) is 15.7 Å². The molecule has 1 aromatic carbocycles. The van der Waals surface area contributed by atoms with Crippen molar-refractivity contribution >= 4 is 15.9 Å². The molecule has 0 saturated heterocycles. The molecule has 0 fully saturated rings. The molecule has 0 bridgehead atoms. The number of aromatic nitrogens is 3. The van der Waals surface area contributed by atoms with E-state index in [0.29, 0.717) is 13.1 Å². The van der Waals surface area contributed by atoms with Crippen LogP contribution in [0.25, 0.3) is 11.3 Å². The molecule has 2 N–H and O–H groups in total. The zero-order valence-electron chi connectivity index (χ0n) is 8.10. The third kappa shape index (κ3) is 2.43. The maximum atomic E-state index is 5.43. The van der Waals surface area contributed by atoms with Crippen LogP contribution in [0.5, 0.6) is 0 Å². The maximum absolute atomic E-state index is 5.43. The molecule has 0 aliphatic heterocycles. The van der Waals surface area contributed by atoms with E-state index < -0.39 is 0 Å². The van der Waals surface area contributed by atoms with Crippen LogP contribution in [0.1, 0.15) is 0 Å². The number of nitrogens with zero attached hydrogens (tertiary/aromatic N) is 3. The van der Waals surface area contributed by atoms with Gasteiger partial charge in [-0.1, -0.05) is 33.3 Å². The minimum atomic E-state index is 0.573. The Balaban J connectivity index is 2.25. The molecule has 15 heavy (non-hydrogen) atoms. The summed E-state index contributed by atoms with van der Waals surface area (Å²) in [5.41, 5.74) is 7.36. The third-order valence-electron chi connectivity index (χ3n) is 2.04. The highest BCUT2D eigenvalue weighted by Gasteiger charge is 2.02. The Hall–Kier alpha value is -1.20. The summed E-state index contributed by atoms with van der Waals surface area (Å²) in [7, 11) is 0. The average molecular weight is 267 g/mol. The molecule has 0 unspecified atom stereocenters. The van der Waals surface area contributed by atoms with Crippen molar-refractivity contribution in [1.29, 1.82) is 0 Å². The van der Waals surface area contributed by atoms with Gasteiger partial charge in [-0.05, 0) is 12.1 Å². The largest absolute Gasteiger partial charge is 0.329 e. The molecule has 0 spiro atoms. The highest BCUT2D eigenvalue weighted by molar-refractivity contribution is 9.10. The Morgan fingerprint density at radius 3 is 2.67 bits per heavy atom. The van der Waals surface area contributed by atoms with Crippen LogP contribution in [0.3, 0.4) is 0 Å². The van der Waals surface area contributed by atoms with E-state index in [1.54, 1.807) is 4.68 Å². The first-order valence-corrected chi connectivity index (χ1v) is 5.45. The highest BCUT2D eigenvalue weighted by atomic mass is 79.9. The summed E-state index contributed by atoms with van der Waals surface area (Å²) in [6, 6.07) is 7.97. The van der Waals surface area contributed by atoms with Crippen molar-refractivity contribution in [3.8, 4) is 11.3 Å². The van der Waals surface area contributed by atoms with Gasteiger partial charge in [0.05, 0.1) is 12.7 Å². The van der Waals surface area contributed by atoms with Crippen molar-refractivity contribution in [2.75, 3.05) is 6.54 Å². The van der Waals surface area contributed by atoms with Gasteiger partial charge >= 0.3 is 0 Å². The van der Waals surface area contributed by atoms with E-state index in [1.807, 2.05) is 30.5 Å². The smallest absolute Gasteiger partial charge is 0.113 e. The van der Waals surface area contributed by atoms with Crippen molar-refractivity contribution in [3.05, 3.63) is 34.9 Å². The quantitative estimate of drug-likeness (QED) is 0.920. The summed E-state index contributed by atoms with van der Waals surface area (Å²) in [4.78, 5) is 0. The molecule has 1 aromatic heterocycles. The molecule has 4 nitrogen and oxygen atoms in total. The fraction of sp³-hybridized carbons (Fsp3) is 0.200. The fourth-order valence-corrected chi connectivity index (χ4v) is 1.56. The molecule has 5 heteroatoms. The number of hydrogen-bond donors (Lipinski definition) is 1. The number of nitrogens with two attached hydrogens (primary N) is 1. The molecular formula is C10H11BrN4. The first kappa shape index (κ1) is 10.3. The second-order valence-corrected chi connectivity index (χ2v) is 4.08. The molecule has 0 amide bonds. The molecule has 0 aliphatic carbocycles. The zero-order chi connectivity index (χ0) is 10.7. The number of rotatable bonds is 3. The summed E-state index contributed by atoms with van der Waals surface area (Å²) in [6.07, 6.45) is 1.90. The van der Waals surface area contributed by atoms with Gasteiger partial charge in [-0.3, -0.25) is 4.68 Å². The Morgan fingerprint density at radius 1 is 1.27 bits per heavy atom. The summed E-state index contributed by atoms with van der Waals surface area (Å²) < 4.78 is 2.80. The Labute approximate surface area is 96.2 Å². The predicted molar refractivity (Wildman–Crippen MR) is 62.2 cm³/mol. The molecule has 1 heterocycles. The molecular weight excluding hydrogens is 256 g/mol. The van der Waals surface area contributed by atoms with Crippen LogP contribution in [-0.2, 0) is 6.54 Å². The van der Waals surface area contributed by atoms with Crippen LogP contribution in [0, 0.1) is 0 Å². The Kier molecular flexibility index (Phi) is 3.13. The van der Waals surface area contributed by atoms with Crippen molar-refractivity contribution in [2.24, 2.45) is 5.73 Å². The third-order valence-corrected chi connectivity index (χ3v) is 2.57. The van der Waals surface area contributed by atoms with Crippen LogP contribution in [0.2, 0.25) is 0 Å². The molecule has 0 aliphatic rings. The lowest BCUT2D eigenvalue weighted by molar-refractivity contribution is 0.598. The van der Waals surface area contributed by atoms with Crippen LogP contribution in [-0.4, -0.2) is 21.5 Å². The summed E-state index contributed by atoms with van der Waals surface area (Å²) >= 11 is 3.39. The van der Waals surface area contributed by atoms with E-state index in [9.17, 15) is 0 Å². The van der Waals surface area contributed by atoms with Crippen molar-refractivity contribution in [3.63, 3.8) is 0 Å². The minimum absolute atomic E-state index is 0.573. The predicted octanol–water partition coefficient (Wildman–Crippen LogP) is 1.67. The van der Waals surface area contributed by atoms with Gasteiger partial charge in [-0.15, -0.1) is 5.10 Å². The van der Waals surface area contributed by atoms with Crippen molar-refractivity contribution in [2.45, 2.75) is 6.54 Å². The van der Waals surface area contributed by atoms with Crippen LogP contribution in [0.15, 0.2) is 34.9 Å². The van der Waals surface area contributed by atoms with Gasteiger partial charge < -0.3 is 5.73 Å². The van der Waals surface area contributed by atoms with Gasteiger partial charge in [0.2, 0.25) is 0 Å². The van der Waals surface area contributed by atoms with Gasteiger partial charge in [-0.25, -0.2) is 0 Å². The minimum Gasteiger partial charge on any atom is -0.329 e. The van der Waals surface area contributed by atoms with E-state index in [1.165, 1.54) is 0 Å². The van der Waals surface area contributed by atoms with Crippen LogP contribution in [0.4, 0.5) is 0 Å². The zero-order valence-corrected chi connectivity index (χ0v) is 9.68. The van der Waals surface area contributed by atoms with Gasteiger partial charge in [-0.2, -0.15) is 0 Å². The normalized spacial score (nSPS) is 10.5. The van der Waals surface area contributed by atoms with Gasteiger partial charge in [0.25, 0.3) is 0 Å². The lowest BCUT2D eigenvalue weighted by Crippen LogP contribution is -2.10. The summed E-state index contributed by atoms with van der Waals surface area (Å²) in [5, 5.41) is 8.06. The first-order valence-electron chi connectivity index (χ1n) is 4.66. The van der Waals surface area contributed by atoms with Crippen molar-refractivity contribution in [1.82, 2.24) is 15.0 Å². The SMILES string of the molecule is NCCn1cc(-c2ccc(Br)cc2)nn1. The highest BCUT2D eigenvalue weighted by Crippen LogP contribution is 2.18. The molecule has 2 rings (SSSR count). The fourth-order valence-electron chi connectivity index (χ4n) is 1.29. The monoisotopic (exact) mass is 266 g/mol. The molecule has 78 valence electrons. The van der Waals surface area contributed by atoms with E-state index in [-0.39, 0.29) is 0 Å². The van der Waals surface area contributed by atoms with Gasteiger partial charge in [0, 0.05) is 16.6 Å². The Bertz CT molecular complexity index is 435. The topological polar surface area (TPSA) is 56.7 Å². The molecule has 0 radical (unpaired) electrons. The average Bonchev–Trinajstić information content (AvgIpc) is 2.68. The lowest BCUT2D eigenvalue weighted by Gasteiger charge is -1.95. The standard InChI is InChI=1S/C10H11BrN4/c11-9-3-1-8(2-4-9)10-7-15(6-5-12)14-13-10/h1-4,7H,5-6,12H2. The summed E-state index contributed by atoms with van der Waals surface area (Å²) in [6.45, 7) is 1.27. The van der Waals surface area contributed by atoms with Crippen LogP contribution >= 0.6 is 15.9 Å². The number of hydrogen-bond acceptors (Lipinski definition) is 3. The Morgan fingerprint density at radius 2 is 2.00 bits per heavy atom. The number of halogens is 1. The lowest BCUT2D eigenvalue weighted by atomic mass is 10.2. The number of benzene rings is 1. The van der Waals surface area contributed by atoms with E-state index >= 15 is 0 Å².